The van der Waals surface area contributed by atoms with Gasteiger partial charge in [0.25, 0.3) is 0 Å². The van der Waals surface area contributed by atoms with Gasteiger partial charge in [-0.3, -0.25) is 0 Å². The third-order valence-corrected chi connectivity index (χ3v) is 7.27. The van der Waals surface area contributed by atoms with Crippen LogP contribution in [0.3, 0.4) is 0 Å². The minimum atomic E-state index is -1.95. The molecular formula is C18H44O5Si4. The predicted octanol–water partition coefficient (Wildman–Crippen LogP) is 5.09. The Morgan fingerprint density at radius 1 is 0.556 bits per heavy atom. The molecule has 0 aromatic carbocycles. The molecule has 5 nitrogen and oxygen atoms in total. The summed E-state index contributed by atoms with van der Waals surface area (Å²) in [5.74, 6) is 0. The van der Waals surface area contributed by atoms with E-state index in [1.165, 1.54) is 0 Å². The van der Waals surface area contributed by atoms with E-state index in [0.29, 0.717) is 0 Å². The Morgan fingerprint density at radius 2 is 0.889 bits per heavy atom. The van der Waals surface area contributed by atoms with Crippen LogP contribution in [0, 0.1) is 0 Å². The van der Waals surface area contributed by atoms with Crippen molar-refractivity contribution in [3.8, 4) is 0 Å². The molecule has 0 N–H and O–H groups in total. The maximum absolute atomic E-state index is 12.0. The summed E-state index contributed by atoms with van der Waals surface area (Å²) in [5, 5.41) is 0. The molecule has 9 heteroatoms. The highest BCUT2D eigenvalue weighted by atomic mass is 28.4. The van der Waals surface area contributed by atoms with Gasteiger partial charge in [0.15, 0.2) is 33.3 Å². The molecule has 27 heavy (non-hydrogen) atoms. The van der Waals surface area contributed by atoms with Gasteiger partial charge in [-0.2, -0.15) is 0 Å². The first kappa shape index (κ1) is 27.4. The quantitative estimate of drug-likeness (QED) is 0.305. The first-order chi connectivity index (χ1) is 11.7. The van der Waals surface area contributed by atoms with Crippen LogP contribution in [-0.2, 0) is 22.5 Å². The first-order valence-corrected chi connectivity index (χ1v) is 23.5. The lowest BCUT2D eigenvalue weighted by Crippen LogP contribution is -2.58. The van der Waals surface area contributed by atoms with Crippen LogP contribution in [0.5, 0.6) is 0 Å². The van der Waals surface area contributed by atoms with E-state index in [-0.39, 0.29) is 12.2 Å². The summed E-state index contributed by atoms with van der Waals surface area (Å²) in [7, 11) is -7.57. The Bertz CT molecular complexity index is 460. The molecule has 4 atom stereocenters. The van der Waals surface area contributed by atoms with Crippen LogP contribution in [0.15, 0.2) is 0 Å². The average Bonchev–Trinajstić information content (AvgIpc) is 2.34. The van der Waals surface area contributed by atoms with Gasteiger partial charge < -0.3 is 22.5 Å². The molecule has 0 spiro atoms. The van der Waals surface area contributed by atoms with Gasteiger partial charge >= 0.3 is 0 Å². The van der Waals surface area contributed by atoms with Crippen molar-refractivity contribution in [3.05, 3.63) is 0 Å². The van der Waals surface area contributed by atoms with Crippen molar-refractivity contribution in [1.29, 1.82) is 0 Å². The van der Waals surface area contributed by atoms with Gasteiger partial charge in [0.2, 0.25) is 0 Å². The number of aldehydes is 1. The van der Waals surface area contributed by atoms with Crippen LogP contribution in [0.2, 0.25) is 78.6 Å². The maximum atomic E-state index is 12.0. The van der Waals surface area contributed by atoms with Crippen LogP contribution >= 0.6 is 0 Å². The third-order valence-electron chi connectivity index (χ3n) is 3.25. The van der Waals surface area contributed by atoms with E-state index in [1.54, 1.807) is 0 Å². The van der Waals surface area contributed by atoms with Crippen LogP contribution in [-0.4, -0.2) is 64.0 Å². The summed E-state index contributed by atoms with van der Waals surface area (Å²) in [5.41, 5.74) is 0. The first-order valence-electron chi connectivity index (χ1n) is 9.91. The second-order valence-corrected chi connectivity index (χ2v) is 29.0. The lowest BCUT2D eigenvalue weighted by atomic mass is 10.1. The van der Waals surface area contributed by atoms with E-state index in [0.717, 1.165) is 6.29 Å². The Kier molecular flexibility index (Phi) is 10.1. The molecule has 0 heterocycles. The van der Waals surface area contributed by atoms with E-state index in [4.69, 9.17) is 17.7 Å². The largest absolute Gasteiger partial charge is 0.412 e. The lowest BCUT2D eigenvalue weighted by molar-refractivity contribution is -0.125. The van der Waals surface area contributed by atoms with Crippen molar-refractivity contribution in [2.75, 3.05) is 0 Å². The van der Waals surface area contributed by atoms with Crippen molar-refractivity contribution in [2.24, 2.45) is 0 Å². The number of carbonyl (C=O) groups excluding carboxylic acids is 1. The van der Waals surface area contributed by atoms with E-state index in [2.05, 4.69) is 78.6 Å². The van der Waals surface area contributed by atoms with E-state index < -0.39 is 45.5 Å². The zero-order valence-electron chi connectivity index (χ0n) is 19.9. The predicted molar refractivity (Wildman–Crippen MR) is 125 cm³/mol. The van der Waals surface area contributed by atoms with Gasteiger partial charge in [0.1, 0.15) is 18.5 Å². The highest BCUT2D eigenvalue weighted by molar-refractivity contribution is 6.71. The minimum Gasteiger partial charge on any atom is -0.412 e. The lowest BCUT2D eigenvalue weighted by Gasteiger charge is -2.43. The van der Waals surface area contributed by atoms with Gasteiger partial charge in [-0.25, -0.2) is 0 Å². The Hall–Kier alpha value is 0.378. The van der Waals surface area contributed by atoms with E-state index in [1.807, 2.05) is 6.92 Å². The van der Waals surface area contributed by atoms with Crippen molar-refractivity contribution >= 4 is 39.6 Å². The van der Waals surface area contributed by atoms with E-state index in [9.17, 15) is 4.79 Å². The van der Waals surface area contributed by atoms with Gasteiger partial charge in [-0.1, -0.05) is 0 Å². The van der Waals surface area contributed by atoms with Gasteiger partial charge in [-0.05, 0) is 85.5 Å². The molecule has 0 aliphatic heterocycles. The zero-order chi connectivity index (χ0) is 21.8. The summed E-state index contributed by atoms with van der Waals surface area (Å²) in [4.78, 5) is 12.0. The van der Waals surface area contributed by atoms with Crippen LogP contribution in [0.4, 0.5) is 0 Å². The van der Waals surface area contributed by atoms with Crippen molar-refractivity contribution < 1.29 is 22.5 Å². The average molecular weight is 453 g/mol. The summed E-state index contributed by atoms with van der Waals surface area (Å²) in [6.07, 6.45) is -0.708. The monoisotopic (exact) mass is 452 g/mol. The molecule has 162 valence electrons. The number of rotatable bonds is 12. The van der Waals surface area contributed by atoms with Crippen LogP contribution in [0.1, 0.15) is 6.92 Å². The van der Waals surface area contributed by atoms with E-state index >= 15 is 0 Å². The summed E-state index contributed by atoms with van der Waals surface area (Å²) in [6.45, 7) is 27.7. The Balaban J connectivity index is 6.03. The molecule has 0 aliphatic rings. The topological polar surface area (TPSA) is 54.0 Å². The number of carbonyl (C=O) groups is 1. The second kappa shape index (κ2) is 9.92. The van der Waals surface area contributed by atoms with Crippen molar-refractivity contribution in [3.63, 3.8) is 0 Å². The van der Waals surface area contributed by atoms with Crippen LogP contribution in [0.25, 0.3) is 0 Å². The van der Waals surface area contributed by atoms with Gasteiger partial charge in [0.05, 0.1) is 12.2 Å². The Labute approximate surface area is 172 Å². The normalized spacial score (nSPS) is 18.7. The zero-order valence-corrected chi connectivity index (χ0v) is 23.9. The fourth-order valence-corrected chi connectivity index (χ4v) is 7.26. The molecule has 0 saturated carbocycles. The third kappa shape index (κ3) is 13.3. The molecule has 0 aromatic rings. The highest BCUT2D eigenvalue weighted by Gasteiger charge is 2.43. The number of hydrogen-bond donors (Lipinski definition) is 0. The van der Waals surface area contributed by atoms with Crippen molar-refractivity contribution in [1.82, 2.24) is 0 Å². The Morgan fingerprint density at radius 3 is 1.19 bits per heavy atom. The fourth-order valence-electron chi connectivity index (χ4n) is 2.77. The minimum absolute atomic E-state index is 0.169. The highest BCUT2D eigenvalue weighted by Crippen LogP contribution is 2.27. The van der Waals surface area contributed by atoms with Gasteiger partial charge in [-0.15, -0.1) is 0 Å². The molecule has 0 saturated heterocycles. The molecule has 0 amide bonds. The molecule has 0 bridgehead atoms. The molecule has 0 radical (unpaired) electrons. The van der Waals surface area contributed by atoms with Crippen LogP contribution < -0.4 is 0 Å². The van der Waals surface area contributed by atoms with Crippen molar-refractivity contribution in [2.45, 2.75) is 110 Å². The maximum Gasteiger partial charge on any atom is 0.184 e. The second-order valence-electron chi connectivity index (χ2n) is 11.2. The standard InChI is InChI=1S/C18H44O5Si4/c1-15(20-24(2,3)4)17(22-26(8,9)10)18(23-27(11,12)13)16(14-19)21-25(5,6)7/h14-18H,1-13H3/t15-,16-,17-,18-/m0/s1. The molecule has 0 rings (SSSR count). The smallest absolute Gasteiger partial charge is 0.184 e. The van der Waals surface area contributed by atoms with Gasteiger partial charge in [0, 0.05) is 0 Å². The molecule has 0 aromatic heterocycles. The fraction of sp³-hybridized carbons (Fsp3) is 0.944. The SMILES string of the molecule is C[C@H](O[Si](C)(C)C)[C@H](O[Si](C)(C)C)[C@@H](O[Si](C)(C)C)[C@H](C=O)O[Si](C)(C)C. The summed E-state index contributed by atoms with van der Waals surface area (Å²) in [6, 6.07) is 0. The number of hydrogen-bond acceptors (Lipinski definition) is 5. The molecule has 0 unspecified atom stereocenters. The summed E-state index contributed by atoms with van der Waals surface area (Å²) >= 11 is 0. The molecule has 0 fully saturated rings. The molecular weight excluding hydrogens is 409 g/mol. The molecule has 0 aliphatic carbocycles. The summed E-state index contributed by atoms with van der Waals surface area (Å²) < 4.78 is 25.7.